The Morgan fingerprint density at radius 1 is 1.04 bits per heavy atom. The monoisotopic (exact) mass is 312 g/mol. The number of rotatable bonds is 4. The van der Waals surface area contributed by atoms with E-state index in [1.807, 2.05) is 45.0 Å². The molecule has 0 aliphatic carbocycles. The lowest BCUT2D eigenvalue weighted by Crippen LogP contribution is -2.22. The summed E-state index contributed by atoms with van der Waals surface area (Å²) in [7, 11) is 0. The van der Waals surface area contributed by atoms with Gasteiger partial charge in [-0.05, 0) is 56.7 Å². The van der Waals surface area contributed by atoms with E-state index in [0.717, 1.165) is 17.4 Å². The number of aromatic hydroxyl groups is 2. The number of hydrogen-bond donors (Lipinski definition) is 2. The van der Waals surface area contributed by atoms with Gasteiger partial charge in [0.15, 0.2) is 5.78 Å². The van der Waals surface area contributed by atoms with Crippen molar-refractivity contribution in [2.45, 2.75) is 26.4 Å². The van der Waals surface area contributed by atoms with Crippen molar-refractivity contribution in [1.29, 1.82) is 0 Å². The van der Waals surface area contributed by atoms with Gasteiger partial charge in [0.25, 0.3) is 0 Å². The Bertz CT molecular complexity index is 722. The molecule has 4 nitrogen and oxygen atoms in total. The minimum absolute atomic E-state index is 0.0857. The molecule has 0 heterocycles. The summed E-state index contributed by atoms with van der Waals surface area (Å²) >= 11 is 0. The van der Waals surface area contributed by atoms with Crippen LogP contribution >= 0.6 is 0 Å². The van der Waals surface area contributed by atoms with Gasteiger partial charge >= 0.3 is 0 Å². The zero-order valence-corrected chi connectivity index (χ0v) is 13.4. The number of carbonyl (C=O) groups is 1. The quantitative estimate of drug-likeness (QED) is 0.657. The van der Waals surface area contributed by atoms with Crippen LogP contribution in [0.2, 0.25) is 0 Å². The van der Waals surface area contributed by atoms with Gasteiger partial charge in [0.05, 0.1) is 5.56 Å². The Morgan fingerprint density at radius 3 is 2.26 bits per heavy atom. The van der Waals surface area contributed by atoms with E-state index in [0.29, 0.717) is 0 Å². The standard InChI is InChI=1S/C19H20O4/c1-19(2,3)23-15-8-4-13(5-9-15)6-11-17(21)16-10-7-14(20)12-18(16)22/h4-12,20,22H,1-3H3/b11-6+. The Kier molecular flexibility index (Phi) is 4.74. The van der Waals surface area contributed by atoms with Gasteiger partial charge in [-0.25, -0.2) is 0 Å². The molecule has 2 N–H and O–H groups in total. The second-order valence-corrected chi connectivity index (χ2v) is 6.18. The first-order chi connectivity index (χ1) is 10.7. The highest BCUT2D eigenvalue weighted by molar-refractivity contribution is 6.08. The number of hydrogen-bond acceptors (Lipinski definition) is 4. The number of carbonyl (C=O) groups excluding carboxylic acids is 1. The Morgan fingerprint density at radius 2 is 1.70 bits per heavy atom. The summed E-state index contributed by atoms with van der Waals surface area (Å²) in [6, 6.07) is 11.3. The highest BCUT2D eigenvalue weighted by Gasteiger charge is 2.11. The van der Waals surface area contributed by atoms with Gasteiger partial charge < -0.3 is 14.9 Å². The van der Waals surface area contributed by atoms with E-state index in [1.54, 1.807) is 6.08 Å². The van der Waals surface area contributed by atoms with Gasteiger partial charge in [-0.2, -0.15) is 0 Å². The van der Waals surface area contributed by atoms with Gasteiger partial charge in [-0.15, -0.1) is 0 Å². The maximum absolute atomic E-state index is 12.1. The van der Waals surface area contributed by atoms with E-state index < -0.39 is 0 Å². The van der Waals surface area contributed by atoms with Crippen molar-refractivity contribution >= 4 is 11.9 Å². The van der Waals surface area contributed by atoms with Crippen LogP contribution in [-0.4, -0.2) is 21.6 Å². The first-order valence-electron chi connectivity index (χ1n) is 7.28. The largest absolute Gasteiger partial charge is 0.508 e. The SMILES string of the molecule is CC(C)(C)Oc1ccc(/C=C/C(=O)c2ccc(O)cc2O)cc1. The average molecular weight is 312 g/mol. The lowest BCUT2D eigenvalue weighted by Gasteiger charge is -2.21. The minimum Gasteiger partial charge on any atom is -0.508 e. The molecule has 0 aliphatic rings. The van der Waals surface area contributed by atoms with Crippen molar-refractivity contribution in [1.82, 2.24) is 0 Å². The van der Waals surface area contributed by atoms with Crippen molar-refractivity contribution in [3.63, 3.8) is 0 Å². The third kappa shape index (κ3) is 4.88. The summed E-state index contributed by atoms with van der Waals surface area (Å²) < 4.78 is 5.73. The maximum Gasteiger partial charge on any atom is 0.189 e. The number of ketones is 1. The van der Waals surface area contributed by atoms with Gasteiger partial charge in [-0.3, -0.25) is 4.79 Å². The highest BCUT2D eigenvalue weighted by Crippen LogP contribution is 2.24. The normalized spacial score (nSPS) is 11.6. The minimum atomic E-state index is -0.336. The van der Waals surface area contributed by atoms with Crippen LogP contribution in [0.4, 0.5) is 0 Å². The number of phenols is 2. The van der Waals surface area contributed by atoms with Gasteiger partial charge in [0.1, 0.15) is 22.8 Å². The summed E-state index contributed by atoms with van der Waals surface area (Å²) in [4.78, 5) is 12.1. The lowest BCUT2D eigenvalue weighted by molar-refractivity contribution is 0.104. The fraction of sp³-hybridized carbons (Fsp3) is 0.211. The van der Waals surface area contributed by atoms with Crippen LogP contribution in [-0.2, 0) is 0 Å². The Balaban J connectivity index is 2.09. The topological polar surface area (TPSA) is 66.8 Å². The van der Waals surface area contributed by atoms with E-state index in [4.69, 9.17) is 4.74 Å². The molecule has 120 valence electrons. The van der Waals surface area contributed by atoms with Crippen LogP contribution in [0, 0.1) is 0 Å². The van der Waals surface area contributed by atoms with E-state index in [1.165, 1.54) is 18.2 Å². The van der Waals surface area contributed by atoms with Gasteiger partial charge in [-0.1, -0.05) is 18.2 Å². The molecule has 0 radical (unpaired) electrons. The van der Waals surface area contributed by atoms with E-state index in [-0.39, 0.29) is 28.4 Å². The van der Waals surface area contributed by atoms with E-state index in [2.05, 4.69) is 0 Å². The molecule has 0 fully saturated rings. The van der Waals surface area contributed by atoms with Crippen LogP contribution in [0.5, 0.6) is 17.2 Å². The zero-order valence-electron chi connectivity index (χ0n) is 13.4. The van der Waals surface area contributed by atoms with Crippen LogP contribution in [0.25, 0.3) is 6.08 Å². The molecular formula is C19H20O4. The van der Waals surface area contributed by atoms with Crippen molar-refractivity contribution in [3.05, 3.63) is 59.7 Å². The highest BCUT2D eigenvalue weighted by atomic mass is 16.5. The number of ether oxygens (including phenoxy) is 1. The summed E-state index contributed by atoms with van der Waals surface area (Å²) in [5.74, 6) is 0.0979. The second kappa shape index (κ2) is 6.57. The number of allylic oxidation sites excluding steroid dienone is 1. The number of phenolic OH excluding ortho intramolecular Hbond substituents is 2. The van der Waals surface area contributed by atoms with Crippen LogP contribution in [0.15, 0.2) is 48.5 Å². The summed E-state index contributed by atoms with van der Waals surface area (Å²) in [6.45, 7) is 5.93. The molecule has 23 heavy (non-hydrogen) atoms. The second-order valence-electron chi connectivity index (χ2n) is 6.18. The molecule has 2 aromatic rings. The van der Waals surface area contributed by atoms with E-state index in [9.17, 15) is 15.0 Å². The average Bonchev–Trinajstić information content (AvgIpc) is 2.44. The Hall–Kier alpha value is -2.75. The van der Waals surface area contributed by atoms with Crippen molar-refractivity contribution in [3.8, 4) is 17.2 Å². The maximum atomic E-state index is 12.1. The predicted octanol–water partition coefficient (Wildman–Crippen LogP) is 4.17. The molecule has 4 heteroatoms. The molecule has 0 amide bonds. The lowest BCUT2D eigenvalue weighted by atomic mass is 10.1. The van der Waals surface area contributed by atoms with Gasteiger partial charge in [0.2, 0.25) is 0 Å². The molecular weight excluding hydrogens is 292 g/mol. The first-order valence-corrected chi connectivity index (χ1v) is 7.28. The van der Waals surface area contributed by atoms with Gasteiger partial charge in [0, 0.05) is 6.07 Å². The summed E-state index contributed by atoms with van der Waals surface area (Å²) in [5, 5.41) is 18.9. The third-order valence-corrected chi connectivity index (χ3v) is 2.98. The fourth-order valence-corrected chi connectivity index (χ4v) is 1.99. The fourth-order valence-electron chi connectivity index (χ4n) is 1.99. The molecule has 0 unspecified atom stereocenters. The third-order valence-electron chi connectivity index (χ3n) is 2.98. The van der Waals surface area contributed by atoms with Crippen molar-refractivity contribution in [2.75, 3.05) is 0 Å². The Labute approximate surface area is 135 Å². The molecule has 0 spiro atoms. The predicted molar refractivity (Wildman–Crippen MR) is 90.0 cm³/mol. The van der Waals surface area contributed by atoms with E-state index >= 15 is 0 Å². The van der Waals surface area contributed by atoms with Crippen LogP contribution in [0.3, 0.4) is 0 Å². The molecule has 0 aromatic heterocycles. The molecule has 0 saturated carbocycles. The van der Waals surface area contributed by atoms with Crippen molar-refractivity contribution < 1.29 is 19.7 Å². The molecule has 2 rings (SSSR count). The molecule has 2 aromatic carbocycles. The number of benzene rings is 2. The molecule has 0 aliphatic heterocycles. The zero-order chi connectivity index (χ0) is 17.0. The van der Waals surface area contributed by atoms with Crippen LogP contribution in [0.1, 0.15) is 36.7 Å². The molecule has 0 bridgehead atoms. The molecule has 0 atom stereocenters. The van der Waals surface area contributed by atoms with Crippen molar-refractivity contribution in [2.24, 2.45) is 0 Å². The van der Waals surface area contributed by atoms with Crippen LogP contribution < -0.4 is 4.74 Å². The summed E-state index contributed by atoms with van der Waals surface area (Å²) in [6.07, 6.45) is 3.04. The summed E-state index contributed by atoms with van der Waals surface area (Å²) in [5.41, 5.74) is 0.730. The molecule has 0 saturated heterocycles. The first kappa shape index (κ1) is 16.6. The smallest absolute Gasteiger partial charge is 0.189 e.